The van der Waals surface area contributed by atoms with E-state index in [1.807, 2.05) is 18.2 Å². The van der Waals surface area contributed by atoms with E-state index in [1.54, 1.807) is 7.05 Å². The number of benzene rings is 1. The molecule has 0 atom stereocenters. The predicted molar refractivity (Wildman–Crippen MR) is 72.1 cm³/mol. The van der Waals surface area contributed by atoms with Gasteiger partial charge in [0, 0.05) is 15.1 Å². The Hall–Kier alpha value is 0.120. The maximum atomic E-state index is 5.00. The first kappa shape index (κ1) is 11.2. The highest BCUT2D eigenvalue weighted by Gasteiger charge is 2.00. The van der Waals surface area contributed by atoms with Crippen molar-refractivity contribution in [2.75, 3.05) is 12.4 Å². The van der Waals surface area contributed by atoms with E-state index < -0.39 is 0 Å². The molecule has 0 aromatic heterocycles. The zero-order chi connectivity index (χ0) is 9.84. The first-order valence-corrected chi connectivity index (χ1v) is 5.85. The fourth-order valence-electron chi connectivity index (χ4n) is 0.778. The predicted octanol–water partition coefficient (Wildman–Crippen LogP) is 2.97. The van der Waals surface area contributed by atoms with E-state index in [1.165, 1.54) is 0 Å². The fourth-order valence-corrected chi connectivity index (χ4v) is 1.72. The van der Waals surface area contributed by atoms with Crippen LogP contribution >= 0.6 is 50.7 Å². The maximum Gasteiger partial charge on any atom is 0.170 e. The molecule has 0 radical (unpaired) electrons. The summed E-state index contributed by atoms with van der Waals surface area (Å²) >= 11 is 10.7. The first-order valence-electron chi connectivity index (χ1n) is 3.57. The van der Waals surface area contributed by atoms with Crippen LogP contribution in [0.3, 0.4) is 0 Å². The molecular weight excluding hydrogens is 363 g/mol. The minimum absolute atomic E-state index is 0.621. The minimum atomic E-state index is 0.621. The van der Waals surface area contributed by atoms with Crippen molar-refractivity contribution in [2.24, 2.45) is 0 Å². The molecule has 0 unspecified atom stereocenters. The number of anilines is 1. The highest BCUT2D eigenvalue weighted by molar-refractivity contribution is 14.1. The molecule has 5 heteroatoms. The second-order valence-electron chi connectivity index (χ2n) is 2.33. The largest absolute Gasteiger partial charge is 0.366 e. The number of nitrogens with one attached hydrogen (secondary N) is 2. The molecule has 0 heterocycles. The Kier molecular flexibility index (Phi) is 4.40. The zero-order valence-electron chi connectivity index (χ0n) is 6.90. The van der Waals surface area contributed by atoms with Crippen LogP contribution in [-0.2, 0) is 0 Å². The van der Waals surface area contributed by atoms with E-state index >= 15 is 0 Å². The summed E-state index contributed by atoms with van der Waals surface area (Å²) in [4.78, 5) is 0. The maximum absolute atomic E-state index is 5.00. The first-order chi connectivity index (χ1) is 6.13. The molecule has 0 spiro atoms. The van der Waals surface area contributed by atoms with Crippen molar-refractivity contribution in [1.82, 2.24) is 5.32 Å². The SMILES string of the molecule is CNC(=S)Nc1cc(Br)ccc1I. The van der Waals surface area contributed by atoms with Crippen LogP contribution in [0.15, 0.2) is 22.7 Å². The van der Waals surface area contributed by atoms with Gasteiger partial charge in [-0.25, -0.2) is 0 Å². The van der Waals surface area contributed by atoms with Crippen LogP contribution in [0.5, 0.6) is 0 Å². The molecule has 0 amide bonds. The van der Waals surface area contributed by atoms with Gasteiger partial charge in [0.15, 0.2) is 5.11 Å². The van der Waals surface area contributed by atoms with Gasteiger partial charge in [-0.15, -0.1) is 0 Å². The molecule has 0 aliphatic carbocycles. The highest BCUT2D eigenvalue weighted by Crippen LogP contribution is 2.22. The van der Waals surface area contributed by atoms with Crippen LogP contribution in [0.1, 0.15) is 0 Å². The highest BCUT2D eigenvalue weighted by atomic mass is 127. The van der Waals surface area contributed by atoms with Gasteiger partial charge in [-0.3, -0.25) is 0 Å². The van der Waals surface area contributed by atoms with Crippen LogP contribution in [0.2, 0.25) is 0 Å². The monoisotopic (exact) mass is 370 g/mol. The van der Waals surface area contributed by atoms with Crippen molar-refractivity contribution in [3.63, 3.8) is 0 Å². The Labute approximate surface area is 105 Å². The van der Waals surface area contributed by atoms with Crippen molar-refractivity contribution in [3.05, 3.63) is 26.2 Å². The molecular formula is C8H8BrIN2S. The van der Waals surface area contributed by atoms with Crippen molar-refractivity contribution >= 4 is 61.5 Å². The van der Waals surface area contributed by atoms with Gasteiger partial charge in [-0.1, -0.05) is 15.9 Å². The van der Waals surface area contributed by atoms with Crippen molar-refractivity contribution in [3.8, 4) is 0 Å². The van der Waals surface area contributed by atoms with E-state index in [2.05, 4.69) is 49.2 Å². The van der Waals surface area contributed by atoms with E-state index in [0.717, 1.165) is 13.7 Å². The van der Waals surface area contributed by atoms with Gasteiger partial charge in [0.05, 0.1) is 5.69 Å². The normalized spacial score (nSPS) is 9.46. The number of halogens is 2. The molecule has 1 aromatic carbocycles. The zero-order valence-corrected chi connectivity index (χ0v) is 11.5. The molecule has 0 aliphatic heterocycles. The third kappa shape index (κ3) is 3.40. The molecule has 1 aromatic rings. The molecule has 2 nitrogen and oxygen atoms in total. The molecule has 1 rings (SSSR count). The number of hydrogen-bond acceptors (Lipinski definition) is 1. The van der Waals surface area contributed by atoms with Crippen LogP contribution in [0, 0.1) is 3.57 Å². The standard InChI is InChI=1S/C8H8BrIN2S/c1-11-8(13)12-7-4-5(9)2-3-6(7)10/h2-4H,1H3,(H2,11,12,13). The van der Waals surface area contributed by atoms with Gasteiger partial charge in [0.1, 0.15) is 0 Å². The van der Waals surface area contributed by atoms with Gasteiger partial charge in [0.2, 0.25) is 0 Å². The fraction of sp³-hybridized carbons (Fsp3) is 0.125. The average molecular weight is 371 g/mol. The van der Waals surface area contributed by atoms with Gasteiger partial charge in [-0.05, 0) is 53.0 Å². The van der Waals surface area contributed by atoms with E-state index in [9.17, 15) is 0 Å². The Bertz CT molecular complexity index is 330. The van der Waals surface area contributed by atoms with Crippen LogP contribution in [0.25, 0.3) is 0 Å². The molecule has 0 saturated carbocycles. The molecule has 13 heavy (non-hydrogen) atoms. The number of rotatable bonds is 1. The van der Waals surface area contributed by atoms with Crippen LogP contribution in [0.4, 0.5) is 5.69 Å². The quantitative estimate of drug-likeness (QED) is 0.587. The molecule has 0 aliphatic rings. The molecule has 0 bridgehead atoms. The third-order valence-electron chi connectivity index (χ3n) is 1.40. The molecule has 0 saturated heterocycles. The Morgan fingerprint density at radius 3 is 2.85 bits per heavy atom. The second-order valence-corrected chi connectivity index (χ2v) is 4.81. The Balaban J connectivity index is 2.87. The van der Waals surface area contributed by atoms with Crippen LogP contribution in [-0.4, -0.2) is 12.2 Å². The molecule has 2 N–H and O–H groups in total. The van der Waals surface area contributed by atoms with E-state index in [-0.39, 0.29) is 0 Å². The topological polar surface area (TPSA) is 24.1 Å². The Morgan fingerprint density at radius 1 is 1.54 bits per heavy atom. The summed E-state index contributed by atoms with van der Waals surface area (Å²) in [7, 11) is 1.79. The van der Waals surface area contributed by atoms with Crippen molar-refractivity contribution in [2.45, 2.75) is 0 Å². The second kappa shape index (κ2) is 5.11. The molecule has 0 fully saturated rings. The summed E-state index contributed by atoms with van der Waals surface area (Å²) in [5.74, 6) is 0. The lowest BCUT2D eigenvalue weighted by molar-refractivity contribution is 1.19. The minimum Gasteiger partial charge on any atom is -0.366 e. The summed E-state index contributed by atoms with van der Waals surface area (Å²) in [6, 6.07) is 6.01. The van der Waals surface area contributed by atoms with Gasteiger partial charge in [0.25, 0.3) is 0 Å². The van der Waals surface area contributed by atoms with E-state index in [4.69, 9.17) is 12.2 Å². The van der Waals surface area contributed by atoms with Crippen molar-refractivity contribution in [1.29, 1.82) is 0 Å². The summed E-state index contributed by atoms with van der Waals surface area (Å²) in [5, 5.41) is 6.57. The van der Waals surface area contributed by atoms with Crippen molar-refractivity contribution < 1.29 is 0 Å². The average Bonchev–Trinajstić information content (AvgIpc) is 2.11. The molecule has 70 valence electrons. The van der Waals surface area contributed by atoms with E-state index in [0.29, 0.717) is 5.11 Å². The lowest BCUT2D eigenvalue weighted by atomic mass is 10.3. The summed E-state index contributed by atoms with van der Waals surface area (Å²) in [6.07, 6.45) is 0. The summed E-state index contributed by atoms with van der Waals surface area (Å²) < 4.78 is 2.17. The summed E-state index contributed by atoms with van der Waals surface area (Å²) in [5.41, 5.74) is 1.01. The number of thiocarbonyl (C=S) groups is 1. The lowest BCUT2D eigenvalue weighted by Gasteiger charge is -2.09. The van der Waals surface area contributed by atoms with Crippen LogP contribution < -0.4 is 10.6 Å². The summed E-state index contributed by atoms with van der Waals surface area (Å²) in [6.45, 7) is 0. The number of hydrogen-bond donors (Lipinski definition) is 2. The third-order valence-corrected chi connectivity index (χ3v) is 3.14. The lowest BCUT2D eigenvalue weighted by Crippen LogP contribution is -2.24. The van der Waals surface area contributed by atoms with Gasteiger partial charge in [-0.2, -0.15) is 0 Å². The Morgan fingerprint density at radius 2 is 2.23 bits per heavy atom. The van der Waals surface area contributed by atoms with Gasteiger partial charge < -0.3 is 10.6 Å². The smallest absolute Gasteiger partial charge is 0.170 e. The van der Waals surface area contributed by atoms with Gasteiger partial charge >= 0.3 is 0 Å².